The quantitative estimate of drug-likeness (QED) is 0.749. The molecule has 2 atom stereocenters. The van der Waals surface area contributed by atoms with Crippen LogP contribution >= 0.6 is 0 Å². The number of aryl methyl sites for hydroxylation is 1. The van der Waals surface area contributed by atoms with E-state index in [1.807, 2.05) is 18.7 Å². The molecule has 1 aromatic heterocycles. The highest BCUT2D eigenvalue weighted by atomic mass is 15.0. The van der Waals surface area contributed by atoms with Crippen molar-refractivity contribution in [3.8, 4) is 0 Å². The predicted octanol–water partition coefficient (Wildman–Crippen LogP) is 2.05. The monoisotopic (exact) mass is 207 g/mol. The van der Waals surface area contributed by atoms with E-state index in [4.69, 9.17) is 0 Å². The van der Waals surface area contributed by atoms with Crippen LogP contribution in [0.5, 0.6) is 0 Å². The van der Waals surface area contributed by atoms with Crippen LogP contribution in [0.4, 0.5) is 0 Å². The fourth-order valence-corrected chi connectivity index (χ4v) is 2.42. The Labute approximate surface area is 91.9 Å². The maximum absolute atomic E-state index is 4.03. The summed E-state index contributed by atoms with van der Waals surface area (Å²) < 4.78 is 2.14. The van der Waals surface area contributed by atoms with Crippen molar-refractivity contribution in [1.82, 2.24) is 14.9 Å². The van der Waals surface area contributed by atoms with Gasteiger partial charge in [-0.25, -0.2) is 4.98 Å². The van der Waals surface area contributed by atoms with Gasteiger partial charge in [0.1, 0.15) is 0 Å². The Kier molecular flexibility index (Phi) is 3.78. The van der Waals surface area contributed by atoms with Gasteiger partial charge in [0.05, 0.1) is 6.33 Å². The molecule has 1 aliphatic carbocycles. The number of hydrogen-bond acceptors (Lipinski definition) is 2. The molecule has 1 fully saturated rings. The molecular formula is C12H21N3. The van der Waals surface area contributed by atoms with Crippen LogP contribution in [-0.2, 0) is 6.54 Å². The first-order chi connectivity index (χ1) is 7.36. The second-order valence-corrected chi connectivity index (χ2v) is 4.62. The maximum atomic E-state index is 4.03. The highest BCUT2D eigenvalue weighted by Crippen LogP contribution is 2.24. The fraction of sp³-hybridized carbons (Fsp3) is 0.750. The highest BCUT2D eigenvalue weighted by molar-refractivity contribution is 4.80. The van der Waals surface area contributed by atoms with Gasteiger partial charge < -0.3 is 9.88 Å². The summed E-state index contributed by atoms with van der Waals surface area (Å²) >= 11 is 0. The Morgan fingerprint density at radius 1 is 1.47 bits per heavy atom. The smallest absolute Gasteiger partial charge is 0.0945 e. The largest absolute Gasteiger partial charge is 0.337 e. The SMILES string of the molecule is C[C@H]1CCC[C@H]1NCCCn1ccnc1. The Hall–Kier alpha value is -0.830. The number of aromatic nitrogens is 2. The summed E-state index contributed by atoms with van der Waals surface area (Å²) in [5, 5.41) is 3.66. The van der Waals surface area contributed by atoms with Gasteiger partial charge in [-0.1, -0.05) is 13.3 Å². The molecule has 1 N–H and O–H groups in total. The van der Waals surface area contributed by atoms with Crippen molar-refractivity contribution in [3.63, 3.8) is 0 Å². The molecule has 0 spiro atoms. The van der Waals surface area contributed by atoms with Crippen molar-refractivity contribution < 1.29 is 0 Å². The molecule has 0 unspecified atom stereocenters. The van der Waals surface area contributed by atoms with Gasteiger partial charge >= 0.3 is 0 Å². The Balaban J connectivity index is 1.59. The molecule has 1 saturated carbocycles. The molecule has 0 aromatic carbocycles. The van der Waals surface area contributed by atoms with Crippen molar-refractivity contribution in [2.24, 2.45) is 5.92 Å². The van der Waals surface area contributed by atoms with Crippen LogP contribution in [0.1, 0.15) is 32.6 Å². The van der Waals surface area contributed by atoms with E-state index in [0.717, 1.165) is 25.0 Å². The second-order valence-electron chi connectivity index (χ2n) is 4.62. The van der Waals surface area contributed by atoms with Crippen molar-refractivity contribution >= 4 is 0 Å². The van der Waals surface area contributed by atoms with Gasteiger partial charge in [-0.2, -0.15) is 0 Å². The Morgan fingerprint density at radius 2 is 2.40 bits per heavy atom. The molecule has 84 valence electrons. The first-order valence-electron chi connectivity index (χ1n) is 6.05. The minimum Gasteiger partial charge on any atom is -0.337 e. The summed E-state index contributed by atoms with van der Waals surface area (Å²) in [6, 6.07) is 0.771. The van der Waals surface area contributed by atoms with E-state index in [1.165, 1.54) is 25.7 Å². The third kappa shape index (κ3) is 3.06. The predicted molar refractivity (Wildman–Crippen MR) is 61.6 cm³/mol. The van der Waals surface area contributed by atoms with E-state index in [1.54, 1.807) is 0 Å². The lowest BCUT2D eigenvalue weighted by molar-refractivity contribution is 0.417. The lowest BCUT2D eigenvalue weighted by Crippen LogP contribution is -2.32. The van der Waals surface area contributed by atoms with E-state index < -0.39 is 0 Å². The van der Waals surface area contributed by atoms with Crippen LogP contribution in [0, 0.1) is 5.92 Å². The van der Waals surface area contributed by atoms with Crippen molar-refractivity contribution in [2.75, 3.05) is 6.54 Å². The van der Waals surface area contributed by atoms with Gasteiger partial charge in [0.15, 0.2) is 0 Å². The molecule has 1 aliphatic rings. The van der Waals surface area contributed by atoms with Crippen LogP contribution in [0.15, 0.2) is 18.7 Å². The highest BCUT2D eigenvalue weighted by Gasteiger charge is 2.21. The zero-order chi connectivity index (χ0) is 10.5. The fourth-order valence-electron chi connectivity index (χ4n) is 2.42. The molecule has 3 nitrogen and oxygen atoms in total. The molecule has 1 heterocycles. The van der Waals surface area contributed by atoms with E-state index in [0.29, 0.717) is 0 Å². The molecule has 3 heteroatoms. The van der Waals surface area contributed by atoms with Crippen molar-refractivity contribution in [2.45, 2.75) is 45.2 Å². The number of imidazole rings is 1. The molecule has 1 aromatic rings. The molecule has 0 amide bonds. The topological polar surface area (TPSA) is 29.9 Å². The average molecular weight is 207 g/mol. The minimum atomic E-state index is 0.771. The normalized spacial score (nSPS) is 25.9. The lowest BCUT2D eigenvalue weighted by atomic mass is 10.1. The Morgan fingerprint density at radius 3 is 3.07 bits per heavy atom. The van der Waals surface area contributed by atoms with Crippen molar-refractivity contribution in [3.05, 3.63) is 18.7 Å². The third-order valence-electron chi connectivity index (χ3n) is 3.42. The van der Waals surface area contributed by atoms with Gasteiger partial charge in [0.2, 0.25) is 0 Å². The van der Waals surface area contributed by atoms with Gasteiger partial charge in [-0.15, -0.1) is 0 Å². The van der Waals surface area contributed by atoms with Crippen LogP contribution in [0.2, 0.25) is 0 Å². The molecular weight excluding hydrogens is 186 g/mol. The zero-order valence-electron chi connectivity index (χ0n) is 9.52. The standard InChI is InChI=1S/C12H21N3/c1-11-4-2-5-12(11)14-6-3-8-15-9-7-13-10-15/h7,9-12,14H,2-6,8H2,1H3/t11-,12+/m0/s1. The van der Waals surface area contributed by atoms with E-state index in [9.17, 15) is 0 Å². The summed E-state index contributed by atoms with van der Waals surface area (Å²) in [6.07, 6.45) is 11.1. The molecule has 0 aliphatic heterocycles. The molecule has 15 heavy (non-hydrogen) atoms. The van der Waals surface area contributed by atoms with Gasteiger partial charge in [0, 0.05) is 25.0 Å². The summed E-state index contributed by atoms with van der Waals surface area (Å²) in [7, 11) is 0. The summed E-state index contributed by atoms with van der Waals surface area (Å²) in [4.78, 5) is 4.03. The first-order valence-corrected chi connectivity index (χ1v) is 6.05. The number of nitrogens with one attached hydrogen (secondary N) is 1. The van der Waals surface area contributed by atoms with Crippen molar-refractivity contribution in [1.29, 1.82) is 0 Å². The van der Waals surface area contributed by atoms with Gasteiger partial charge in [-0.3, -0.25) is 0 Å². The second kappa shape index (κ2) is 5.31. The third-order valence-corrected chi connectivity index (χ3v) is 3.42. The number of rotatable bonds is 5. The van der Waals surface area contributed by atoms with Gasteiger partial charge in [0.25, 0.3) is 0 Å². The van der Waals surface area contributed by atoms with E-state index in [-0.39, 0.29) is 0 Å². The average Bonchev–Trinajstić information content (AvgIpc) is 2.85. The lowest BCUT2D eigenvalue weighted by Gasteiger charge is -2.17. The van der Waals surface area contributed by atoms with E-state index in [2.05, 4.69) is 21.8 Å². The summed E-state index contributed by atoms with van der Waals surface area (Å²) in [5.74, 6) is 0.873. The van der Waals surface area contributed by atoms with Crippen LogP contribution < -0.4 is 5.32 Å². The number of hydrogen-bond donors (Lipinski definition) is 1. The maximum Gasteiger partial charge on any atom is 0.0945 e. The summed E-state index contributed by atoms with van der Waals surface area (Å²) in [5.41, 5.74) is 0. The molecule has 2 rings (SSSR count). The van der Waals surface area contributed by atoms with Crippen LogP contribution in [-0.4, -0.2) is 22.1 Å². The van der Waals surface area contributed by atoms with Gasteiger partial charge in [-0.05, 0) is 31.7 Å². The zero-order valence-corrected chi connectivity index (χ0v) is 9.52. The first kappa shape index (κ1) is 10.7. The molecule has 0 bridgehead atoms. The number of nitrogens with zero attached hydrogens (tertiary/aromatic N) is 2. The van der Waals surface area contributed by atoms with Crippen LogP contribution in [0.3, 0.4) is 0 Å². The molecule has 0 radical (unpaired) electrons. The molecule has 0 saturated heterocycles. The van der Waals surface area contributed by atoms with E-state index >= 15 is 0 Å². The minimum absolute atomic E-state index is 0.771. The Bertz CT molecular complexity index is 268. The summed E-state index contributed by atoms with van der Waals surface area (Å²) in [6.45, 7) is 4.57. The van der Waals surface area contributed by atoms with Crippen LogP contribution in [0.25, 0.3) is 0 Å².